The van der Waals surface area contributed by atoms with Gasteiger partial charge in [-0.2, -0.15) is 0 Å². The highest BCUT2D eigenvalue weighted by molar-refractivity contribution is 5.94. The van der Waals surface area contributed by atoms with Crippen molar-refractivity contribution in [2.45, 2.75) is 71.1 Å². The first kappa shape index (κ1) is 27.1. The molecule has 0 aromatic rings. The van der Waals surface area contributed by atoms with E-state index in [1.54, 1.807) is 6.92 Å². The van der Waals surface area contributed by atoms with Crippen molar-refractivity contribution >= 4 is 29.7 Å². The molecular weight excluding hydrogens is 394 g/mol. The van der Waals surface area contributed by atoms with Crippen LogP contribution in [0.15, 0.2) is 4.99 Å². The van der Waals surface area contributed by atoms with E-state index in [0.29, 0.717) is 12.8 Å². The Labute approximate surface area is 176 Å². The van der Waals surface area contributed by atoms with Crippen LogP contribution in [0.4, 0.5) is 0 Å². The maximum atomic E-state index is 12.8. The van der Waals surface area contributed by atoms with Crippen LogP contribution in [0.3, 0.4) is 0 Å². The molecular formula is C18H35N7O5. The Morgan fingerprint density at radius 1 is 0.967 bits per heavy atom. The third-order valence-electron chi connectivity index (χ3n) is 4.51. The van der Waals surface area contributed by atoms with E-state index in [2.05, 4.69) is 20.9 Å². The molecule has 0 rings (SSSR count). The summed E-state index contributed by atoms with van der Waals surface area (Å²) in [4.78, 5) is 52.2. The molecule has 0 saturated carbocycles. The largest absolute Gasteiger partial charge is 0.480 e. The number of rotatable bonds is 13. The quantitative estimate of drug-likeness (QED) is 0.0983. The Kier molecular flexibility index (Phi) is 12.1. The zero-order chi connectivity index (χ0) is 23.4. The summed E-state index contributed by atoms with van der Waals surface area (Å²) in [7, 11) is 0. The Balaban J connectivity index is 5.39. The molecule has 0 radical (unpaired) electrons. The number of hydrogen-bond acceptors (Lipinski definition) is 6. The summed E-state index contributed by atoms with van der Waals surface area (Å²) in [5.41, 5.74) is 16.1. The maximum absolute atomic E-state index is 12.8. The molecule has 0 aliphatic heterocycles. The molecule has 30 heavy (non-hydrogen) atoms. The van der Waals surface area contributed by atoms with E-state index < -0.39 is 47.9 Å². The first-order chi connectivity index (χ1) is 13.9. The smallest absolute Gasteiger partial charge is 0.325 e. The summed E-state index contributed by atoms with van der Waals surface area (Å²) in [5.74, 6) is -3.27. The number of nitrogens with zero attached hydrogens (tertiary/aromatic N) is 1. The van der Waals surface area contributed by atoms with E-state index in [9.17, 15) is 19.2 Å². The summed E-state index contributed by atoms with van der Waals surface area (Å²) < 4.78 is 0. The lowest BCUT2D eigenvalue weighted by molar-refractivity contribution is -0.142. The lowest BCUT2D eigenvalue weighted by atomic mass is 9.97. The lowest BCUT2D eigenvalue weighted by Gasteiger charge is -2.27. The molecule has 0 aliphatic rings. The summed E-state index contributed by atoms with van der Waals surface area (Å²) in [5, 5.41) is 16.5. The van der Waals surface area contributed by atoms with Gasteiger partial charge in [-0.1, -0.05) is 20.3 Å². The van der Waals surface area contributed by atoms with Crippen molar-refractivity contribution in [1.29, 1.82) is 0 Å². The number of carboxylic acid groups (broad SMARTS) is 1. The van der Waals surface area contributed by atoms with Crippen molar-refractivity contribution in [2.24, 2.45) is 28.1 Å². The highest BCUT2D eigenvalue weighted by Crippen LogP contribution is 2.10. The van der Waals surface area contributed by atoms with E-state index in [1.165, 1.54) is 13.8 Å². The van der Waals surface area contributed by atoms with Gasteiger partial charge in [-0.25, -0.2) is 0 Å². The van der Waals surface area contributed by atoms with Gasteiger partial charge in [0, 0.05) is 6.54 Å². The number of carbonyl (C=O) groups is 4. The second-order valence-corrected chi connectivity index (χ2v) is 7.24. The number of hydrogen-bond donors (Lipinski definition) is 7. The fourth-order valence-electron chi connectivity index (χ4n) is 2.40. The van der Waals surface area contributed by atoms with Crippen LogP contribution in [0.5, 0.6) is 0 Å². The summed E-state index contributed by atoms with van der Waals surface area (Å²) in [6, 6.07) is -3.89. The van der Waals surface area contributed by atoms with Crippen LogP contribution < -0.4 is 33.2 Å². The molecule has 172 valence electrons. The van der Waals surface area contributed by atoms with Gasteiger partial charge in [0.2, 0.25) is 17.7 Å². The van der Waals surface area contributed by atoms with E-state index in [0.717, 1.165) is 0 Å². The molecule has 0 fully saturated rings. The van der Waals surface area contributed by atoms with Crippen LogP contribution in [0.2, 0.25) is 0 Å². The molecule has 0 aromatic carbocycles. The van der Waals surface area contributed by atoms with Crippen molar-refractivity contribution in [1.82, 2.24) is 16.0 Å². The van der Waals surface area contributed by atoms with Crippen LogP contribution in [0.25, 0.3) is 0 Å². The van der Waals surface area contributed by atoms with Gasteiger partial charge >= 0.3 is 5.97 Å². The number of guanidine groups is 1. The zero-order valence-corrected chi connectivity index (χ0v) is 18.0. The van der Waals surface area contributed by atoms with Gasteiger partial charge in [0.25, 0.3) is 0 Å². The highest BCUT2D eigenvalue weighted by Gasteiger charge is 2.31. The second kappa shape index (κ2) is 13.4. The van der Waals surface area contributed by atoms with Crippen LogP contribution in [0.1, 0.15) is 47.0 Å². The molecule has 12 heteroatoms. The Morgan fingerprint density at radius 3 is 2.03 bits per heavy atom. The first-order valence-electron chi connectivity index (χ1n) is 9.85. The van der Waals surface area contributed by atoms with Gasteiger partial charge in [0.1, 0.15) is 18.1 Å². The molecule has 0 saturated heterocycles. The van der Waals surface area contributed by atoms with Crippen LogP contribution >= 0.6 is 0 Å². The third kappa shape index (κ3) is 10.0. The molecule has 0 bridgehead atoms. The van der Waals surface area contributed by atoms with E-state index in [4.69, 9.17) is 22.3 Å². The number of carboxylic acids is 1. The Bertz CT molecular complexity index is 634. The number of aliphatic imine (C=N–C) groups is 1. The van der Waals surface area contributed by atoms with Crippen LogP contribution in [-0.2, 0) is 19.2 Å². The Hall–Kier alpha value is -2.89. The van der Waals surface area contributed by atoms with Crippen molar-refractivity contribution in [2.75, 3.05) is 6.54 Å². The van der Waals surface area contributed by atoms with Crippen molar-refractivity contribution in [3.63, 3.8) is 0 Å². The Morgan fingerprint density at radius 2 is 1.57 bits per heavy atom. The summed E-state index contributed by atoms with van der Waals surface area (Å²) in [6.45, 7) is 6.67. The van der Waals surface area contributed by atoms with E-state index >= 15 is 0 Å². The molecule has 5 unspecified atom stereocenters. The fourth-order valence-corrected chi connectivity index (χ4v) is 2.40. The van der Waals surface area contributed by atoms with Gasteiger partial charge in [0.05, 0.1) is 6.04 Å². The molecule has 0 spiro atoms. The average molecular weight is 430 g/mol. The van der Waals surface area contributed by atoms with Gasteiger partial charge in [-0.05, 0) is 32.6 Å². The number of aliphatic carboxylic acids is 1. The van der Waals surface area contributed by atoms with Gasteiger partial charge in [0.15, 0.2) is 5.96 Å². The number of amides is 3. The predicted molar refractivity (Wildman–Crippen MR) is 112 cm³/mol. The lowest BCUT2D eigenvalue weighted by Crippen LogP contribution is -2.58. The van der Waals surface area contributed by atoms with Crippen molar-refractivity contribution in [3.05, 3.63) is 0 Å². The molecule has 5 atom stereocenters. The second-order valence-electron chi connectivity index (χ2n) is 7.24. The minimum atomic E-state index is -1.21. The molecule has 0 heterocycles. The molecule has 10 N–H and O–H groups in total. The average Bonchev–Trinajstić information content (AvgIpc) is 2.66. The number of nitrogens with one attached hydrogen (secondary N) is 3. The van der Waals surface area contributed by atoms with Crippen LogP contribution in [-0.4, -0.2) is 65.5 Å². The van der Waals surface area contributed by atoms with Crippen molar-refractivity contribution in [3.8, 4) is 0 Å². The minimum Gasteiger partial charge on any atom is -0.480 e. The number of nitrogens with two attached hydrogens (primary N) is 3. The molecule has 3 amide bonds. The topological polar surface area (TPSA) is 215 Å². The molecule has 12 nitrogen and oxygen atoms in total. The van der Waals surface area contributed by atoms with E-state index in [-0.39, 0.29) is 24.8 Å². The molecule has 0 aliphatic carbocycles. The minimum absolute atomic E-state index is 0.102. The highest BCUT2D eigenvalue weighted by atomic mass is 16.4. The predicted octanol–water partition coefficient (Wildman–Crippen LogP) is -2.01. The first-order valence-corrected chi connectivity index (χ1v) is 9.85. The summed E-state index contributed by atoms with van der Waals surface area (Å²) >= 11 is 0. The van der Waals surface area contributed by atoms with Gasteiger partial charge < -0.3 is 38.3 Å². The standard InChI is InChI=1S/C18H35N7O5/c1-5-9(2)13(25-14(26)10(3)19)16(28)24-12(7-6-8-22-18(20)21)15(27)23-11(4)17(29)30/h9-13H,5-8,19H2,1-4H3,(H,23,27)(H,24,28)(H,25,26)(H,29,30)(H4,20,21,22). The van der Waals surface area contributed by atoms with Crippen LogP contribution in [0, 0.1) is 5.92 Å². The van der Waals surface area contributed by atoms with Crippen molar-refractivity contribution < 1.29 is 24.3 Å². The fraction of sp³-hybridized carbons (Fsp3) is 0.722. The number of carbonyl (C=O) groups excluding carboxylic acids is 3. The maximum Gasteiger partial charge on any atom is 0.325 e. The van der Waals surface area contributed by atoms with Gasteiger partial charge in [-0.15, -0.1) is 0 Å². The summed E-state index contributed by atoms with van der Waals surface area (Å²) in [6.07, 6.45) is 1.11. The normalized spacial score (nSPS) is 15.6. The monoisotopic (exact) mass is 429 g/mol. The zero-order valence-electron chi connectivity index (χ0n) is 18.0. The third-order valence-corrected chi connectivity index (χ3v) is 4.51. The van der Waals surface area contributed by atoms with E-state index in [1.807, 2.05) is 6.92 Å². The van der Waals surface area contributed by atoms with Gasteiger partial charge in [-0.3, -0.25) is 24.2 Å². The molecule has 0 aromatic heterocycles. The SMILES string of the molecule is CCC(C)C(NC(=O)C(C)N)C(=O)NC(CCCN=C(N)N)C(=O)NC(C)C(=O)O.